The molecule has 0 aromatic heterocycles. The number of nitrogens with zero attached hydrogens (tertiary/aromatic N) is 2. The molecule has 0 spiro atoms. The van der Waals surface area contributed by atoms with Gasteiger partial charge >= 0.3 is 7.25 Å². The van der Waals surface area contributed by atoms with Crippen molar-refractivity contribution in [3.63, 3.8) is 0 Å². The molecule has 1 rings (SSSR count). The molecule has 1 aromatic carbocycles. The van der Waals surface area contributed by atoms with E-state index in [0.717, 1.165) is 0 Å². The quantitative estimate of drug-likeness (QED) is 0.403. The first-order valence-electron chi connectivity index (χ1n) is 3.48. The number of nitrogens with one attached hydrogen (secondary N) is 1. The molecule has 0 unspecified atom stereocenters. The fraction of sp³-hybridized carbons (Fsp3) is 0. The van der Waals surface area contributed by atoms with E-state index in [2.05, 4.69) is 0 Å². The van der Waals surface area contributed by atoms with Gasteiger partial charge in [-0.25, -0.2) is 0 Å². The van der Waals surface area contributed by atoms with E-state index in [-0.39, 0.29) is 0 Å². The number of rotatable bonds is 0. The van der Waals surface area contributed by atoms with Crippen molar-refractivity contribution in [1.29, 1.82) is 10.7 Å². The summed E-state index contributed by atoms with van der Waals surface area (Å²) in [6.07, 6.45) is 0. The lowest BCUT2D eigenvalue weighted by Crippen LogP contribution is -2.11. The first-order valence-corrected chi connectivity index (χ1v) is 3.48. The topological polar surface area (TPSA) is 71.4 Å². The summed E-state index contributed by atoms with van der Waals surface area (Å²) in [7, 11) is -6.00. The third-order valence-corrected chi connectivity index (χ3v) is 0.903. The maximum absolute atomic E-state index is 9.75. The molecule has 1 aromatic rings. The van der Waals surface area contributed by atoms with E-state index in [9.17, 15) is 17.3 Å². The largest absolute Gasteiger partial charge is 0.673 e. The molecule has 0 aliphatic heterocycles. The van der Waals surface area contributed by atoms with Gasteiger partial charge in [-0.05, 0) is 12.1 Å². The summed E-state index contributed by atoms with van der Waals surface area (Å²) in [5, 5.41) is 19.3. The fourth-order valence-electron chi connectivity index (χ4n) is 0.513. The predicted octanol–water partition coefficient (Wildman–Crippen LogP) is 1.14. The Labute approximate surface area is 83.5 Å². The zero-order chi connectivity index (χ0) is 12.3. The lowest BCUT2D eigenvalue weighted by atomic mass is 10.2. The zero-order valence-corrected chi connectivity index (χ0v) is 7.37. The Balaban J connectivity index is 0. The van der Waals surface area contributed by atoms with E-state index in [4.69, 9.17) is 16.0 Å². The van der Waals surface area contributed by atoms with Crippen LogP contribution in [0, 0.1) is 16.7 Å². The highest BCUT2D eigenvalue weighted by Gasteiger charge is 2.20. The normalized spacial score (nSPS) is 8.33. The van der Waals surface area contributed by atoms with Crippen LogP contribution in [0.25, 0.3) is 0 Å². The van der Waals surface area contributed by atoms with Gasteiger partial charge in [-0.1, -0.05) is 18.2 Å². The highest BCUT2D eigenvalue weighted by atomic mass is 19.5. The van der Waals surface area contributed by atoms with Gasteiger partial charge in [0.05, 0.1) is 17.0 Å². The first-order chi connectivity index (χ1) is 6.93. The Morgan fingerprint density at radius 3 is 1.53 bits per heavy atom. The van der Waals surface area contributed by atoms with E-state index in [1.54, 1.807) is 12.1 Å². The number of benzene rings is 1. The van der Waals surface area contributed by atoms with Gasteiger partial charge in [-0.2, -0.15) is 5.26 Å². The highest BCUT2D eigenvalue weighted by molar-refractivity contribution is 6.50. The Morgan fingerprint density at radius 1 is 1.00 bits per heavy atom. The maximum atomic E-state index is 9.75. The van der Waals surface area contributed by atoms with Crippen LogP contribution in [-0.4, -0.2) is 7.25 Å². The van der Waals surface area contributed by atoms with E-state index < -0.39 is 7.25 Å². The molecule has 15 heavy (non-hydrogen) atoms. The number of nitriles is 1. The van der Waals surface area contributed by atoms with E-state index in [1.165, 1.54) is 0 Å². The average molecular weight is 219 g/mol. The molecule has 0 atom stereocenters. The van der Waals surface area contributed by atoms with Crippen molar-refractivity contribution in [3.8, 4) is 6.07 Å². The number of hydrogen-bond donors (Lipinski definition) is 1. The molecule has 1 N–H and O–H groups in total. The minimum atomic E-state index is -6.00. The maximum Gasteiger partial charge on any atom is 0.673 e. The van der Waals surface area contributed by atoms with Crippen molar-refractivity contribution < 1.29 is 22.7 Å². The van der Waals surface area contributed by atoms with Gasteiger partial charge in [-0.3, -0.25) is 0 Å². The SMILES string of the molecule is F[B-](F)(F)F.N#Cc1ccccc1.N#[NH+]. The molecular formula is C7H6BF4N3. The van der Waals surface area contributed by atoms with E-state index in [0.29, 0.717) is 5.56 Å². The van der Waals surface area contributed by atoms with Crippen LogP contribution in [0.2, 0.25) is 0 Å². The summed E-state index contributed by atoms with van der Waals surface area (Å²) < 4.78 is 39.0. The monoisotopic (exact) mass is 219 g/mol. The second-order valence-corrected chi connectivity index (χ2v) is 1.97. The number of hydrogen-bond acceptors (Lipinski definition) is 2. The van der Waals surface area contributed by atoms with Crippen LogP contribution in [0.1, 0.15) is 5.56 Å². The third-order valence-electron chi connectivity index (χ3n) is 0.903. The van der Waals surface area contributed by atoms with Crippen molar-refractivity contribution in [3.05, 3.63) is 35.9 Å². The Kier molecular flexibility index (Phi) is 8.73. The Bertz CT molecular complexity index is 310. The van der Waals surface area contributed by atoms with Crippen LogP contribution in [0.3, 0.4) is 0 Å². The number of halogens is 4. The molecule has 0 aliphatic carbocycles. The van der Waals surface area contributed by atoms with Crippen molar-refractivity contribution in [1.82, 2.24) is 0 Å². The Hall–Kier alpha value is -2.09. The third kappa shape index (κ3) is 18.7. The predicted molar refractivity (Wildman–Crippen MR) is 44.0 cm³/mol. The summed E-state index contributed by atoms with van der Waals surface area (Å²) in [5.41, 5.74) is 0.715. The van der Waals surface area contributed by atoms with Crippen molar-refractivity contribution in [2.75, 3.05) is 0 Å². The molecule has 0 fully saturated rings. The van der Waals surface area contributed by atoms with Crippen LogP contribution in [0.15, 0.2) is 30.3 Å². The van der Waals surface area contributed by atoms with Gasteiger partial charge in [0, 0.05) is 0 Å². The molecule has 0 bridgehead atoms. The van der Waals surface area contributed by atoms with Crippen LogP contribution in [-0.2, 0) is 0 Å². The fourth-order valence-corrected chi connectivity index (χ4v) is 0.513. The summed E-state index contributed by atoms with van der Waals surface area (Å²) >= 11 is 0. The lowest BCUT2D eigenvalue weighted by molar-refractivity contribution is -0.175. The van der Waals surface area contributed by atoms with Crippen molar-refractivity contribution in [2.45, 2.75) is 0 Å². The minimum Gasteiger partial charge on any atom is -0.418 e. The summed E-state index contributed by atoms with van der Waals surface area (Å²) in [6.45, 7) is 0. The second-order valence-electron chi connectivity index (χ2n) is 1.97. The van der Waals surface area contributed by atoms with Gasteiger partial charge in [0.15, 0.2) is 0 Å². The van der Waals surface area contributed by atoms with Crippen molar-refractivity contribution in [2.24, 2.45) is 0 Å². The molecule has 3 nitrogen and oxygen atoms in total. The summed E-state index contributed by atoms with van der Waals surface area (Å²) in [6, 6.07) is 11.2. The van der Waals surface area contributed by atoms with Crippen molar-refractivity contribution >= 4 is 7.25 Å². The highest BCUT2D eigenvalue weighted by Crippen LogP contribution is 2.06. The minimum absolute atomic E-state index is 0.715. The van der Waals surface area contributed by atoms with Gasteiger partial charge in [0.25, 0.3) is 0 Å². The number of diazo groups is 1. The van der Waals surface area contributed by atoms with Gasteiger partial charge < -0.3 is 17.3 Å². The Morgan fingerprint density at radius 2 is 1.33 bits per heavy atom. The molecule has 0 saturated heterocycles. The second kappa shape index (κ2) is 8.51. The molecule has 0 heterocycles. The first kappa shape index (κ1) is 15.4. The molecule has 0 saturated carbocycles. The standard InChI is InChI=1S/C7H5N.BF4.N2/c8-6-7-4-2-1-3-5-7;2-1(3,4)5;1-2/h1-5H;;/q;-1;/p+1. The van der Waals surface area contributed by atoms with Gasteiger partial charge in [0.1, 0.15) is 0 Å². The zero-order valence-electron chi connectivity index (χ0n) is 7.37. The lowest BCUT2D eigenvalue weighted by Gasteiger charge is -1.94. The molecule has 80 valence electrons. The summed E-state index contributed by atoms with van der Waals surface area (Å²) in [4.78, 5) is 0. The smallest absolute Gasteiger partial charge is 0.418 e. The van der Waals surface area contributed by atoms with E-state index in [1.807, 2.05) is 24.3 Å². The molecule has 0 aliphatic rings. The molecular weight excluding hydrogens is 213 g/mol. The molecule has 0 radical (unpaired) electrons. The van der Waals surface area contributed by atoms with Crippen LogP contribution in [0.5, 0.6) is 0 Å². The summed E-state index contributed by atoms with van der Waals surface area (Å²) in [5.74, 6) is 0. The van der Waals surface area contributed by atoms with Crippen LogP contribution < -0.4 is 5.39 Å². The van der Waals surface area contributed by atoms with Crippen LogP contribution in [0.4, 0.5) is 17.3 Å². The van der Waals surface area contributed by atoms with Gasteiger partial charge in [0.2, 0.25) is 5.39 Å². The van der Waals surface area contributed by atoms with Gasteiger partial charge in [-0.15, -0.1) is 0 Å². The molecule has 0 amide bonds. The van der Waals surface area contributed by atoms with E-state index >= 15 is 0 Å². The molecule has 8 heteroatoms. The van der Waals surface area contributed by atoms with Crippen LogP contribution >= 0.6 is 0 Å². The average Bonchev–Trinajstić information content (AvgIpc) is 2.20.